The second-order valence-electron chi connectivity index (χ2n) is 6.06. The van der Waals surface area contributed by atoms with Crippen molar-refractivity contribution in [2.24, 2.45) is 0 Å². The molecule has 18 heavy (non-hydrogen) atoms. The third kappa shape index (κ3) is 10.8. The number of unbranched alkanes of at least 4 members (excludes halogenated alkanes) is 1. The lowest BCUT2D eigenvalue weighted by Gasteiger charge is -2.27. The van der Waals surface area contributed by atoms with Crippen LogP contribution in [0.15, 0.2) is 0 Å². The van der Waals surface area contributed by atoms with Gasteiger partial charge in [-0.15, -0.1) is 0 Å². The highest BCUT2D eigenvalue weighted by Gasteiger charge is 2.31. The van der Waals surface area contributed by atoms with E-state index in [1.165, 1.54) is 4.90 Å². The Balaban J connectivity index is 3.85. The van der Waals surface area contributed by atoms with Crippen LogP contribution in [0.2, 0.25) is 0 Å². The van der Waals surface area contributed by atoms with Gasteiger partial charge in [0.2, 0.25) is 0 Å². The van der Waals surface area contributed by atoms with Gasteiger partial charge >= 0.3 is 6.18 Å². The van der Waals surface area contributed by atoms with Crippen molar-refractivity contribution < 1.29 is 13.2 Å². The normalized spacial score (nSPS) is 13.7. The second-order valence-corrected chi connectivity index (χ2v) is 6.06. The zero-order valence-electron chi connectivity index (χ0n) is 12.2. The Bertz CT molecular complexity index is 219. The minimum Gasteiger partial charge on any atom is -0.312 e. The number of hydrogen-bond acceptors (Lipinski definition) is 2. The Morgan fingerprint density at radius 1 is 1.06 bits per heavy atom. The van der Waals surface area contributed by atoms with Crippen LogP contribution in [0.5, 0.6) is 0 Å². The summed E-state index contributed by atoms with van der Waals surface area (Å²) in [6, 6.07) is -0.0674. The molecule has 0 unspecified atom stereocenters. The summed E-state index contributed by atoms with van der Waals surface area (Å²) >= 11 is 0. The summed E-state index contributed by atoms with van der Waals surface area (Å²) in [6.07, 6.45) is -2.41. The molecular formula is C13H27F3N2. The fourth-order valence-corrected chi connectivity index (χ4v) is 1.65. The first-order chi connectivity index (χ1) is 8.01. The van der Waals surface area contributed by atoms with Crippen LogP contribution in [0.4, 0.5) is 13.2 Å². The van der Waals surface area contributed by atoms with E-state index < -0.39 is 12.7 Å². The lowest BCUT2D eigenvalue weighted by Crippen LogP contribution is -2.40. The van der Waals surface area contributed by atoms with Crippen LogP contribution in [0.25, 0.3) is 0 Å². The molecular weight excluding hydrogens is 241 g/mol. The maximum atomic E-state index is 12.3. The molecule has 0 heterocycles. The second kappa shape index (κ2) is 7.34. The molecule has 110 valence electrons. The maximum absolute atomic E-state index is 12.3. The molecule has 0 aromatic carbocycles. The quantitative estimate of drug-likeness (QED) is 0.712. The monoisotopic (exact) mass is 268 g/mol. The molecule has 0 saturated heterocycles. The maximum Gasteiger partial charge on any atom is 0.401 e. The van der Waals surface area contributed by atoms with Crippen LogP contribution in [0.1, 0.15) is 47.5 Å². The summed E-state index contributed by atoms with van der Waals surface area (Å²) in [5, 5.41) is 3.33. The van der Waals surface area contributed by atoms with Gasteiger partial charge in [-0.05, 0) is 60.5 Å². The molecule has 2 nitrogen and oxygen atoms in total. The van der Waals surface area contributed by atoms with Gasteiger partial charge in [-0.1, -0.05) is 0 Å². The highest BCUT2D eigenvalue weighted by molar-refractivity contribution is 4.71. The summed E-state index contributed by atoms with van der Waals surface area (Å²) < 4.78 is 37.0. The van der Waals surface area contributed by atoms with Crippen molar-refractivity contribution in [3.8, 4) is 0 Å². The number of alkyl halides is 3. The number of nitrogens with one attached hydrogen (secondary N) is 1. The zero-order chi connectivity index (χ0) is 14.4. The number of hydrogen-bond donors (Lipinski definition) is 1. The van der Waals surface area contributed by atoms with Crippen molar-refractivity contribution in [2.45, 2.75) is 65.2 Å². The zero-order valence-corrected chi connectivity index (χ0v) is 12.2. The molecule has 0 bridgehead atoms. The van der Waals surface area contributed by atoms with E-state index >= 15 is 0 Å². The SMILES string of the molecule is CC(C)N(CCCCNC(C)(C)C)CC(F)(F)F. The molecule has 0 amide bonds. The standard InChI is InChI=1S/C13H27F3N2/c1-11(2)18(10-13(14,15)16)9-7-6-8-17-12(3,4)5/h11,17H,6-10H2,1-5H3. The lowest BCUT2D eigenvalue weighted by atomic mass is 10.1. The molecule has 0 rings (SSSR count). The largest absolute Gasteiger partial charge is 0.401 e. The number of halogens is 3. The summed E-state index contributed by atoms with van der Waals surface area (Å²) in [6.45, 7) is 10.4. The predicted octanol–water partition coefficient (Wildman–Crippen LogP) is 3.43. The van der Waals surface area contributed by atoms with Gasteiger partial charge in [0, 0.05) is 11.6 Å². The van der Waals surface area contributed by atoms with Crippen LogP contribution in [-0.2, 0) is 0 Å². The fourth-order valence-electron chi connectivity index (χ4n) is 1.65. The Hall–Kier alpha value is -0.290. The summed E-state index contributed by atoms with van der Waals surface area (Å²) in [5.41, 5.74) is 0.0731. The molecule has 0 spiro atoms. The smallest absolute Gasteiger partial charge is 0.312 e. The van der Waals surface area contributed by atoms with Crippen LogP contribution in [-0.4, -0.2) is 42.3 Å². The summed E-state index contributed by atoms with van der Waals surface area (Å²) in [5.74, 6) is 0. The van der Waals surface area contributed by atoms with Gasteiger partial charge in [0.25, 0.3) is 0 Å². The van der Waals surface area contributed by atoms with Crippen molar-refractivity contribution in [3.63, 3.8) is 0 Å². The van der Waals surface area contributed by atoms with Gasteiger partial charge in [-0.3, -0.25) is 4.90 Å². The van der Waals surface area contributed by atoms with Gasteiger partial charge in [0.05, 0.1) is 6.54 Å². The van der Waals surface area contributed by atoms with E-state index in [0.717, 1.165) is 19.4 Å². The van der Waals surface area contributed by atoms with Crippen LogP contribution < -0.4 is 5.32 Å². The van der Waals surface area contributed by atoms with Gasteiger partial charge in [0.15, 0.2) is 0 Å². The third-order valence-electron chi connectivity index (χ3n) is 2.64. The third-order valence-corrected chi connectivity index (χ3v) is 2.64. The first-order valence-corrected chi connectivity index (χ1v) is 6.57. The predicted molar refractivity (Wildman–Crippen MR) is 69.8 cm³/mol. The van der Waals surface area contributed by atoms with E-state index in [-0.39, 0.29) is 11.6 Å². The van der Waals surface area contributed by atoms with Gasteiger partial charge in [0.1, 0.15) is 0 Å². The molecule has 0 aromatic heterocycles. The Labute approximate surface area is 109 Å². The first kappa shape index (κ1) is 17.7. The Kier molecular flexibility index (Phi) is 7.22. The minimum atomic E-state index is -4.10. The van der Waals surface area contributed by atoms with Crippen molar-refractivity contribution in [3.05, 3.63) is 0 Å². The number of rotatable bonds is 7. The molecule has 0 atom stereocenters. The highest BCUT2D eigenvalue weighted by atomic mass is 19.4. The Morgan fingerprint density at radius 3 is 2.00 bits per heavy atom. The van der Waals surface area contributed by atoms with E-state index in [0.29, 0.717) is 6.54 Å². The highest BCUT2D eigenvalue weighted by Crippen LogP contribution is 2.18. The van der Waals surface area contributed by atoms with Crippen LogP contribution in [0, 0.1) is 0 Å². The molecule has 5 heteroatoms. The van der Waals surface area contributed by atoms with E-state index in [1.807, 2.05) is 0 Å². The van der Waals surface area contributed by atoms with Gasteiger partial charge in [-0.25, -0.2) is 0 Å². The van der Waals surface area contributed by atoms with Crippen LogP contribution in [0.3, 0.4) is 0 Å². The van der Waals surface area contributed by atoms with Crippen LogP contribution >= 0.6 is 0 Å². The van der Waals surface area contributed by atoms with E-state index in [9.17, 15) is 13.2 Å². The van der Waals surface area contributed by atoms with Crippen molar-refractivity contribution in [1.29, 1.82) is 0 Å². The average Bonchev–Trinajstić information content (AvgIpc) is 2.11. The first-order valence-electron chi connectivity index (χ1n) is 6.57. The molecule has 0 radical (unpaired) electrons. The topological polar surface area (TPSA) is 15.3 Å². The van der Waals surface area contributed by atoms with Crippen molar-refractivity contribution >= 4 is 0 Å². The summed E-state index contributed by atoms with van der Waals surface area (Å²) in [4.78, 5) is 1.48. The molecule has 0 aliphatic heterocycles. The van der Waals surface area contributed by atoms with E-state index in [2.05, 4.69) is 26.1 Å². The number of nitrogens with zero attached hydrogens (tertiary/aromatic N) is 1. The van der Waals surface area contributed by atoms with E-state index in [1.54, 1.807) is 13.8 Å². The molecule has 0 fully saturated rings. The van der Waals surface area contributed by atoms with E-state index in [4.69, 9.17) is 0 Å². The van der Waals surface area contributed by atoms with Gasteiger partial charge in [-0.2, -0.15) is 13.2 Å². The molecule has 0 aliphatic rings. The molecule has 0 saturated carbocycles. The average molecular weight is 268 g/mol. The molecule has 1 N–H and O–H groups in total. The van der Waals surface area contributed by atoms with Gasteiger partial charge < -0.3 is 5.32 Å². The Morgan fingerprint density at radius 2 is 1.61 bits per heavy atom. The fraction of sp³-hybridized carbons (Fsp3) is 1.00. The molecule has 0 aromatic rings. The van der Waals surface area contributed by atoms with Crippen molar-refractivity contribution in [2.75, 3.05) is 19.6 Å². The molecule has 0 aliphatic carbocycles. The lowest BCUT2D eigenvalue weighted by molar-refractivity contribution is -0.149. The minimum absolute atomic E-state index is 0.0674. The van der Waals surface area contributed by atoms with Crippen molar-refractivity contribution in [1.82, 2.24) is 10.2 Å². The summed E-state index contributed by atoms with van der Waals surface area (Å²) in [7, 11) is 0.